The van der Waals surface area contributed by atoms with Gasteiger partial charge in [-0.2, -0.15) is 11.8 Å². The number of benzene rings is 1. The largest absolute Gasteiger partial charge is 0.346 e. The van der Waals surface area contributed by atoms with Gasteiger partial charge in [0.05, 0.1) is 12.6 Å². The van der Waals surface area contributed by atoms with E-state index in [4.69, 9.17) is 5.73 Å². The number of thioether (sulfide) groups is 1. The molecule has 0 bridgehead atoms. The van der Waals surface area contributed by atoms with E-state index in [-0.39, 0.29) is 30.8 Å². The molecule has 0 radical (unpaired) electrons. The Morgan fingerprint density at radius 1 is 1.32 bits per heavy atom. The van der Waals surface area contributed by atoms with Crippen molar-refractivity contribution in [1.82, 2.24) is 10.2 Å². The number of nitrogens with two attached hydrogens (primary N) is 1. The van der Waals surface area contributed by atoms with Crippen molar-refractivity contribution in [3.05, 3.63) is 35.9 Å². The molecule has 0 aliphatic carbocycles. The third-order valence-corrected chi connectivity index (χ3v) is 3.72. The van der Waals surface area contributed by atoms with Crippen LogP contribution in [-0.4, -0.2) is 48.4 Å². The van der Waals surface area contributed by atoms with Crippen LogP contribution < -0.4 is 11.1 Å². The third-order valence-electron chi connectivity index (χ3n) is 3.07. The highest BCUT2D eigenvalue weighted by Crippen LogP contribution is 2.02. The van der Waals surface area contributed by atoms with Crippen molar-refractivity contribution in [3.63, 3.8) is 0 Å². The fraction of sp³-hybridized carbons (Fsp3) is 0.467. The summed E-state index contributed by atoms with van der Waals surface area (Å²) in [5, 5.41) is 2.59. The van der Waals surface area contributed by atoms with Gasteiger partial charge < -0.3 is 16.0 Å². The van der Waals surface area contributed by atoms with E-state index in [1.807, 2.05) is 36.6 Å². The highest BCUT2D eigenvalue weighted by molar-refractivity contribution is 7.98. The summed E-state index contributed by atoms with van der Waals surface area (Å²) in [6.45, 7) is 0.503. The SMILES string of the molecule is CSCC[C@H](N)C(=O)NCC(=O)N(C)Cc1ccccc1.Cl. The molecule has 0 aliphatic rings. The van der Waals surface area contributed by atoms with Gasteiger partial charge in [0, 0.05) is 13.6 Å². The Morgan fingerprint density at radius 2 is 1.95 bits per heavy atom. The maximum absolute atomic E-state index is 12.0. The Morgan fingerprint density at radius 3 is 2.55 bits per heavy atom. The Hall–Kier alpha value is -1.24. The zero-order valence-corrected chi connectivity index (χ0v) is 14.6. The lowest BCUT2D eigenvalue weighted by Gasteiger charge is -2.18. The molecule has 0 unspecified atom stereocenters. The van der Waals surface area contributed by atoms with Crippen LogP contribution in [-0.2, 0) is 16.1 Å². The topological polar surface area (TPSA) is 75.4 Å². The van der Waals surface area contributed by atoms with Crippen LogP contribution in [0.1, 0.15) is 12.0 Å². The Bertz CT molecular complexity index is 459. The molecule has 0 aliphatic heterocycles. The van der Waals surface area contributed by atoms with Crippen LogP contribution in [0.25, 0.3) is 0 Å². The number of halogens is 1. The molecule has 1 aromatic rings. The van der Waals surface area contributed by atoms with Gasteiger partial charge in [-0.05, 0) is 24.0 Å². The zero-order valence-electron chi connectivity index (χ0n) is 13.0. The van der Waals surface area contributed by atoms with Gasteiger partial charge in [0.25, 0.3) is 0 Å². The number of hydrogen-bond donors (Lipinski definition) is 2. The first-order chi connectivity index (χ1) is 10.0. The second kappa shape index (κ2) is 11.3. The van der Waals surface area contributed by atoms with Crippen molar-refractivity contribution in [3.8, 4) is 0 Å². The number of rotatable bonds is 8. The van der Waals surface area contributed by atoms with E-state index in [1.54, 1.807) is 23.7 Å². The zero-order chi connectivity index (χ0) is 15.7. The fourth-order valence-corrected chi connectivity index (χ4v) is 2.24. The molecule has 1 aromatic carbocycles. The molecular formula is C15H24ClN3O2S. The third kappa shape index (κ3) is 7.68. The second-order valence-corrected chi connectivity index (χ2v) is 5.83. The van der Waals surface area contributed by atoms with Gasteiger partial charge in [-0.25, -0.2) is 0 Å². The molecule has 0 saturated carbocycles. The minimum atomic E-state index is -0.551. The van der Waals surface area contributed by atoms with Crippen molar-refractivity contribution in [1.29, 1.82) is 0 Å². The molecule has 0 spiro atoms. The molecule has 5 nitrogen and oxygen atoms in total. The van der Waals surface area contributed by atoms with Crippen molar-refractivity contribution in [2.24, 2.45) is 5.73 Å². The summed E-state index contributed by atoms with van der Waals surface area (Å²) < 4.78 is 0. The van der Waals surface area contributed by atoms with Gasteiger partial charge in [0.1, 0.15) is 0 Å². The molecule has 0 fully saturated rings. The number of nitrogens with one attached hydrogen (secondary N) is 1. The quantitative estimate of drug-likeness (QED) is 0.744. The molecule has 124 valence electrons. The minimum absolute atomic E-state index is 0. The van der Waals surface area contributed by atoms with Crippen LogP contribution >= 0.6 is 24.2 Å². The van der Waals surface area contributed by atoms with E-state index >= 15 is 0 Å². The molecule has 7 heteroatoms. The summed E-state index contributed by atoms with van der Waals surface area (Å²) in [5.41, 5.74) is 6.79. The van der Waals surface area contributed by atoms with Gasteiger partial charge in [0.2, 0.25) is 11.8 Å². The van der Waals surface area contributed by atoms with Crippen LogP contribution in [0, 0.1) is 0 Å². The van der Waals surface area contributed by atoms with Gasteiger partial charge in [-0.15, -0.1) is 12.4 Å². The lowest BCUT2D eigenvalue weighted by atomic mass is 10.2. The maximum Gasteiger partial charge on any atom is 0.242 e. The molecule has 1 rings (SSSR count). The van der Waals surface area contributed by atoms with Gasteiger partial charge in [0.15, 0.2) is 0 Å². The summed E-state index contributed by atoms with van der Waals surface area (Å²) in [7, 11) is 1.72. The molecule has 22 heavy (non-hydrogen) atoms. The monoisotopic (exact) mass is 345 g/mol. The van der Waals surface area contributed by atoms with E-state index in [0.29, 0.717) is 13.0 Å². The molecule has 0 aromatic heterocycles. The average Bonchev–Trinajstić information content (AvgIpc) is 2.50. The average molecular weight is 346 g/mol. The Kier molecular flexibility index (Phi) is 10.7. The fourth-order valence-electron chi connectivity index (χ4n) is 1.75. The number of carbonyl (C=O) groups is 2. The van der Waals surface area contributed by atoms with Gasteiger partial charge >= 0.3 is 0 Å². The molecular weight excluding hydrogens is 322 g/mol. The lowest BCUT2D eigenvalue weighted by Crippen LogP contribution is -2.45. The van der Waals surface area contributed by atoms with Crippen molar-refractivity contribution in [2.75, 3.05) is 25.6 Å². The first-order valence-electron chi connectivity index (χ1n) is 6.84. The first kappa shape index (κ1) is 20.8. The number of carbonyl (C=O) groups excluding carboxylic acids is 2. The Balaban J connectivity index is 0.00000441. The summed E-state index contributed by atoms with van der Waals surface area (Å²) >= 11 is 1.64. The molecule has 1 atom stereocenters. The minimum Gasteiger partial charge on any atom is -0.346 e. The van der Waals surface area contributed by atoms with Crippen molar-refractivity contribution < 1.29 is 9.59 Å². The number of amides is 2. The van der Waals surface area contributed by atoms with Crippen LogP contribution in [0.5, 0.6) is 0 Å². The van der Waals surface area contributed by atoms with Gasteiger partial charge in [-0.3, -0.25) is 9.59 Å². The highest BCUT2D eigenvalue weighted by atomic mass is 35.5. The molecule has 2 amide bonds. The number of nitrogens with zero attached hydrogens (tertiary/aromatic N) is 1. The van der Waals surface area contributed by atoms with Crippen LogP contribution in [0.3, 0.4) is 0 Å². The maximum atomic E-state index is 12.0. The summed E-state index contributed by atoms with van der Waals surface area (Å²) in [5.74, 6) is 0.422. The van der Waals surface area contributed by atoms with E-state index in [1.165, 1.54) is 0 Å². The summed E-state index contributed by atoms with van der Waals surface area (Å²) in [6, 6.07) is 9.16. The van der Waals surface area contributed by atoms with Crippen LogP contribution in [0.4, 0.5) is 0 Å². The van der Waals surface area contributed by atoms with E-state index < -0.39 is 6.04 Å². The van der Waals surface area contributed by atoms with Crippen LogP contribution in [0.15, 0.2) is 30.3 Å². The van der Waals surface area contributed by atoms with Crippen LogP contribution in [0.2, 0.25) is 0 Å². The van der Waals surface area contributed by atoms with E-state index in [2.05, 4.69) is 5.32 Å². The summed E-state index contributed by atoms with van der Waals surface area (Å²) in [4.78, 5) is 25.3. The molecule has 3 N–H and O–H groups in total. The second-order valence-electron chi connectivity index (χ2n) is 4.84. The predicted octanol–water partition coefficient (Wildman–Crippen LogP) is 1.26. The van der Waals surface area contributed by atoms with Crippen molar-refractivity contribution >= 4 is 36.0 Å². The standard InChI is InChI=1S/C15H23N3O2S.ClH/c1-18(11-12-6-4-3-5-7-12)14(19)10-17-15(20)13(16)8-9-21-2;/h3-7,13H,8-11,16H2,1-2H3,(H,17,20);1H/t13-;/m0./s1. The van der Waals surface area contributed by atoms with Gasteiger partial charge in [-0.1, -0.05) is 30.3 Å². The lowest BCUT2D eigenvalue weighted by molar-refractivity contribution is -0.132. The molecule has 0 saturated heterocycles. The molecule has 0 heterocycles. The first-order valence-corrected chi connectivity index (χ1v) is 8.24. The number of likely N-dealkylation sites (N-methyl/N-ethyl adjacent to an activating group) is 1. The van der Waals surface area contributed by atoms with E-state index in [9.17, 15) is 9.59 Å². The summed E-state index contributed by atoms with van der Waals surface area (Å²) in [6.07, 6.45) is 2.58. The normalized spacial score (nSPS) is 11.2. The Labute approximate surface area is 142 Å². The van der Waals surface area contributed by atoms with E-state index in [0.717, 1.165) is 11.3 Å². The number of hydrogen-bond acceptors (Lipinski definition) is 4. The highest BCUT2D eigenvalue weighted by Gasteiger charge is 2.15. The van der Waals surface area contributed by atoms with Crippen molar-refractivity contribution in [2.45, 2.75) is 19.0 Å². The predicted molar refractivity (Wildman–Crippen MR) is 94.1 cm³/mol. The smallest absolute Gasteiger partial charge is 0.242 e.